The molecule has 0 spiro atoms. The van der Waals surface area contributed by atoms with Crippen molar-refractivity contribution in [3.63, 3.8) is 0 Å². The summed E-state index contributed by atoms with van der Waals surface area (Å²) >= 11 is 3.49. The van der Waals surface area contributed by atoms with E-state index in [1.54, 1.807) is 0 Å². The predicted octanol–water partition coefficient (Wildman–Crippen LogP) is 2.63. The third-order valence-corrected chi connectivity index (χ3v) is 3.25. The van der Waals surface area contributed by atoms with Crippen LogP contribution in [0.5, 0.6) is 0 Å². The number of rotatable bonds is 6. The summed E-state index contributed by atoms with van der Waals surface area (Å²) in [5.74, 6) is 0.0780. The molecule has 0 aromatic heterocycles. The number of carbonyl (C=O) groups excluding carboxylic acids is 1. The fraction of sp³-hybridized carbons (Fsp3) is 0.462. The molecule has 0 bridgehead atoms. The lowest BCUT2D eigenvalue weighted by Gasteiger charge is -2.15. The smallest absolute Gasteiger partial charge is 0.221 e. The fourth-order valence-corrected chi connectivity index (χ4v) is 2.22. The predicted molar refractivity (Wildman–Crippen MR) is 73.9 cm³/mol. The van der Waals surface area contributed by atoms with Crippen molar-refractivity contribution in [2.75, 3.05) is 13.1 Å². The Hall–Kier alpha value is -0.870. The van der Waals surface area contributed by atoms with Crippen LogP contribution in [-0.4, -0.2) is 19.0 Å². The van der Waals surface area contributed by atoms with Crippen molar-refractivity contribution in [3.05, 3.63) is 34.3 Å². The average Bonchev–Trinajstić information content (AvgIpc) is 2.29. The molecule has 17 heavy (non-hydrogen) atoms. The Morgan fingerprint density at radius 3 is 2.76 bits per heavy atom. The summed E-state index contributed by atoms with van der Waals surface area (Å²) in [7, 11) is 0. The first-order valence-electron chi connectivity index (χ1n) is 5.89. The van der Waals surface area contributed by atoms with Gasteiger partial charge in [-0.2, -0.15) is 0 Å². The molecular weight excluding hydrogens is 280 g/mol. The second-order valence-electron chi connectivity index (χ2n) is 3.91. The van der Waals surface area contributed by atoms with Gasteiger partial charge in [-0.1, -0.05) is 41.1 Å². The topological polar surface area (TPSA) is 41.1 Å². The van der Waals surface area contributed by atoms with E-state index in [9.17, 15) is 4.79 Å². The van der Waals surface area contributed by atoms with E-state index in [4.69, 9.17) is 0 Å². The van der Waals surface area contributed by atoms with E-state index in [0.29, 0.717) is 6.42 Å². The molecule has 1 rings (SSSR count). The third kappa shape index (κ3) is 4.88. The summed E-state index contributed by atoms with van der Waals surface area (Å²) in [6.45, 7) is 5.64. The first-order valence-corrected chi connectivity index (χ1v) is 6.69. The molecule has 0 unspecified atom stereocenters. The van der Waals surface area contributed by atoms with Crippen molar-refractivity contribution in [1.29, 1.82) is 0 Å². The standard InChI is InChI=1S/C13H19BrN2O/c1-3-15-9-8-13(17)16-10(2)11-6-4-5-7-12(11)14/h4-7,10,15H,3,8-9H2,1-2H3,(H,16,17)/t10-/m1/s1. The van der Waals surface area contributed by atoms with E-state index < -0.39 is 0 Å². The number of carbonyl (C=O) groups is 1. The highest BCUT2D eigenvalue weighted by Gasteiger charge is 2.11. The fourth-order valence-electron chi connectivity index (χ4n) is 1.60. The molecule has 2 N–H and O–H groups in total. The zero-order chi connectivity index (χ0) is 12.7. The second-order valence-corrected chi connectivity index (χ2v) is 4.77. The molecule has 0 radical (unpaired) electrons. The Morgan fingerprint density at radius 2 is 2.12 bits per heavy atom. The van der Waals surface area contributed by atoms with Crippen LogP contribution >= 0.6 is 15.9 Å². The minimum absolute atomic E-state index is 0.0275. The van der Waals surface area contributed by atoms with Gasteiger partial charge < -0.3 is 10.6 Å². The Bertz CT molecular complexity index is 368. The van der Waals surface area contributed by atoms with Crippen molar-refractivity contribution >= 4 is 21.8 Å². The lowest BCUT2D eigenvalue weighted by molar-refractivity contribution is -0.121. The maximum absolute atomic E-state index is 11.6. The van der Waals surface area contributed by atoms with Gasteiger partial charge in [0.05, 0.1) is 6.04 Å². The minimum Gasteiger partial charge on any atom is -0.350 e. The van der Waals surface area contributed by atoms with Gasteiger partial charge in [-0.15, -0.1) is 0 Å². The zero-order valence-electron chi connectivity index (χ0n) is 10.3. The second kappa shape index (κ2) is 7.45. The van der Waals surface area contributed by atoms with Crippen molar-refractivity contribution in [2.45, 2.75) is 26.3 Å². The van der Waals surface area contributed by atoms with Crippen LogP contribution in [0.25, 0.3) is 0 Å². The zero-order valence-corrected chi connectivity index (χ0v) is 11.9. The normalized spacial score (nSPS) is 12.2. The lowest BCUT2D eigenvalue weighted by atomic mass is 10.1. The molecule has 1 aromatic carbocycles. The van der Waals surface area contributed by atoms with Crippen molar-refractivity contribution in [2.24, 2.45) is 0 Å². The molecule has 1 atom stereocenters. The number of amides is 1. The van der Waals surface area contributed by atoms with E-state index >= 15 is 0 Å². The van der Waals surface area contributed by atoms with E-state index in [-0.39, 0.29) is 11.9 Å². The summed E-state index contributed by atoms with van der Waals surface area (Å²) < 4.78 is 1.03. The molecule has 1 amide bonds. The summed E-state index contributed by atoms with van der Waals surface area (Å²) in [6, 6.07) is 7.96. The molecule has 4 heteroatoms. The maximum Gasteiger partial charge on any atom is 0.221 e. The number of halogens is 1. The number of hydrogen-bond acceptors (Lipinski definition) is 2. The summed E-state index contributed by atoms with van der Waals surface area (Å²) in [4.78, 5) is 11.6. The van der Waals surface area contributed by atoms with Crippen molar-refractivity contribution < 1.29 is 4.79 Å². The van der Waals surface area contributed by atoms with Crippen LogP contribution < -0.4 is 10.6 Å². The molecule has 0 heterocycles. The molecule has 0 aliphatic carbocycles. The molecule has 0 fully saturated rings. The highest BCUT2D eigenvalue weighted by Crippen LogP contribution is 2.22. The van der Waals surface area contributed by atoms with Gasteiger partial charge in [0, 0.05) is 17.4 Å². The first-order chi connectivity index (χ1) is 8.15. The average molecular weight is 299 g/mol. The van der Waals surface area contributed by atoms with Crippen LogP contribution in [-0.2, 0) is 4.79 Å². The van der Waals surface area contributed by atoms with E-state index in [1.165, 1.54) is 0 Å². The first kappa shape index (κ1) is 14.2. The summed E-state index contributed by atoms with van der Waals surface area (Å²) in [5, 5.41) is 6.12. The number of benzene rings is 1. The van der Waals surface area contributed by atoms with Crippen LogP contribution in [0, 0.1) is 0 Å². The van der Waals surface area contributed by atoms with Gasteiger partial charge >= 0.3 is 0 Å². The Labute approximate surface area is 111 Å². The Balaban J connectivity index is 2.46. The molecular formula is C13H19BrN2O. The summed E-state index contributed by atoms with van der Waals surface area (Å²) in [6.07, 6.45) is 0.517. The van der Waals surface area contributed by atoms with Gasteiger partial charge in [-0.3, -0.25) is 4.79 Å². The van der Waals surface area contributed by atoms with Crippen molar-refractivity contribution in [1.82, 2.24) is 10.6 Å². The monoisotopic (exact) mass is 298 g/mol. The number of nitrogens with one attached hydrogen (secondary N) is 2. The Morgan fingerprint density at radius 1 is 1.41 bits per heavy atom. The van der Waals surface area contributed by atoms with Crippen LogP contribution in [0.15, 0.2) is 28.7 Å². The minimum atomic E-state index is 0.0275. The van der Waals surface area contributed by atoms with Gasteiger partial charge in [-0.05, 0) is 25.1 Å². The van der Waals surface area contributed by atoms with Crippen LogP contribution in [0.1, 0.15) is 31.9 Å². The quantitative estimate of drug-likeness (QED) is 0.793. The summed E-state index contributed by atoms with van der Waals surface area (Å²) in [5.41, 5.74) is 1.10. The lowest BCUT2D eigenvalue weighted by Crippen LogP contribution is -2.29. The molecule has 0 aliphatic rings. The largest absolute Gasteiger partial charge is 0.350 e. The third-order valence-electron chi connectivity index (χ3n) is 2.53. The molecule has 1 aromatic rings. The molecule has 0 aliphatic heterocycles. The molecule has 0 saturated heterocycles. The highest BCUT2D eigenvalue weighted by molar-refractivity contribution is 9.10. The van der Waals surface area contributed by atoms with Crippen LogP contribution in [0.2, 0.25) is 0 Å². The highest BCUT2D eigenvalue weighted by atomic mass is 79.9. The van der Waals surface area contributed by atoms with Gasteiger partial charge in [0.2, 0.25) is 5.91 Å². The van der Waals surface area contributed by atoms with Gasteiger partial charge in [0.15, 0.2) is 0 Å². The SMILES string of the molecule is CCNCCC(=O)N[C@H](C)c1ccccc1Br. The molecule has 94 valence electrons. The van der Waals surface area contributed by atoms with Crippen LogP contribution in [0.3, 0.4) is 0 Å². The number of hydrogen-bond donors (Lipinski definition) is 2. The Kier molecular flexibility index (Phi) is 6.22. The van der Waals surface area contributed by atoms with Crippen molar-refractivity contribution in [3.8, 4) is 0 Å². The van der Waals surface area contributed by atoms with Gasteiger partial charge in [0.1, 0.15) is 0 Å². The molecule has 0 saturated carbocycles. The van der Waals surface area contributed by atoms with Gasteiger partial charge in [0.25, 0.3) is 0 Å². The van der Waals surface area contributed by atoms with Gasteiger partial charge in [-0.25, -0.2) is 0 Å². The van der Waals surface area contributed by atoms with E-state index in [0.717, 1.165) is 23.1 Å². The maximum atomic E-state index is 11.6. The van der Waals surface area contributed by atoms with E-state index in [1.807, 2.05) is 38.1 Å². The van der Waals surface area contributed by atoms with Crippen LogP contribution in [0.4, 0.5) is 0 Å². The van der Waals surface area contributed by atoms with E-state index in [2.05, 4.69) is 26.6 Å². The molecule has 3 nitrogen and oxygen atoms in total.